The van der Waals surface area contributed by atoms with Crippen LogP contribution in [0.5, 0.6) is 0 Å². The number of rotatable bonds is 4. The van der Waals surface area contributed by atoms with Crippen LogP contribution in [0.3, 0.4) is 0 Å². The smallest absolute Gasteiger partial charge is 0.0547 e. The van der Waals surface area contributed by atoms with Gasteiger partial charge in [-0.3, -0.25) is 0 Å². The van der Waals surface area contributed by atoms with Crippen molar-refractivity contribution in [2.45, 2.75) is 40.2 Å². The molecule has 1 saturated heterocycles. The summed E-state index contributed by atoms with van der Waals surface area (Å²) in [5.74, 6) is 0. The van der Waals surface area contributed by atoms with E-state index in [1.54, 1.807) is 0 Å². The molecule has 0 aromatic carbocycles. The van der Waals surface area contributed by atoms with Gasteiger partial charge in [-0.05, 0) is 25.8 Å². The van der Waals surface area contributed by atoms with Crippen molar-refractivity contribution in [2.24, 2.45) is 16.6 Å². The van der Waals surface area contributed by atoms with Gasteiger partial charge in [-0.1, -0.05) is 20.8 Å². The van der Waals surface area contributed by atoms with Gasteiger partial charge in [0.25, 0.3) is 0 Å². The number of hydrogen-bond donors (Lipinski definition) is 1. The van der Waals surface area contributed by atoms with E-state index >= 15 is 0 Å². The van der Waals surface area contributed by atoms with Crippen molar-refractivity contribution in [2.75, 3.05) is 33.4 Å². The van der Waals surface area contributed by atoms with Gasteiger partial charge in [0.15, 0.2) is 0 Å². The summed E-state index contributed by atoms with van der Waals surface area (Å²) < 4.78 is 5.51. The maximum absolute atomic E-state index is 5.92. The zero-order valence-electron chi connectivity index (χ0n) is 11.5. The molecule has 96 valence electrons. The molecule has 0 radical (unpaired) electrons. The highest BCUT2D eigenvalue weighted by molar-refractivity contribution is 4.89. The summed E-state index contributed by atoms with van der Waals surface area (Å²) in [5, 5.41) is 0. The quantitative estimate of drug-likeness (QED) is 0.796. The topological polar surface area (TPSA) is 38.5 Å². The van der Waals surface area contributed by atoms with Gasteiger partial charge in [-0.25, -0.2) is 0 Å². The fourth-order valence-corrected chi connectivity index (χ4v) is 2.33. The average molecular weight is 228 g/mol. The fourth-order valence-electron chi connectivity index (χ4n) is 2.33. The SMILES string of the molecule is CC(N(C)CC1(CN)CCOC1)C(C)(C)C. The first-order chi connectivity index (χ1) is 7.31. The van der Waals surface area contributed by atoms with Crippen LogP contribution >= 0.6 is 0 Å². The zero-order chi connectivity index (χ0) is 12.4. The number of nitrogens with zero attached hydrogens (tertiary/aromatic N) is 1. The predicted molar refractivity (Wildman–Crippen MR) is 68.5 cm³/mol. The summed E-state index contributed by atoms with van der Waals surface area (Å²) in [6.07, 6.45) is 1.10. The molecule has 0 saturated carbocycles. The number of nitrogens with two attached hydrogens (primary N) is 1. The first-order valence-electron chi connectivity index (χ1n) is 6.29. The molecule has 1 fully saturated rings. The van der Waals surface area contributed by atoms with Crippen molar-refractivity contribution in [3.05, 3.63) is 0 Å². The molecular weight excluding hydrogens is 200 g/mol. The van der Waals surface area contributed by atoms with Crippen LogP contribution in [-0.2, 0) is 4.74 Å². The zero-order valence-corrected chi connectivity index (χ0v) is 11.5. The molecule has 0 spiro atoms. The van der Waals surface area contributed by atoms with Gasteiger partial charge in [0.2, 0.25) is 0 Å². The Labute approximate surface area is 100 Å². The molecule has 0 bridgehead atoms. The second kappa shape index (κ2) is 5.03. The van der Waals surface area contributed by atoms with Crippen molar-refractivity contribution in [3.63, 3.8) is 0 Å². The van der Waals surface area contributed by atoms with Gasteiger partial charge in [0.1, 0.15) is 0 Å². The van der Waals surface area contributed by atoms with Gasteiger partial charge in [-0.15, -0.1) is 0 Å². The molecule has 0 amide bonds. The molecule has 0 aromatic heterocycles. The fraction of sp³-hybridized carbons (Fsp3) is 1.00. The molecular formula is C13H28N2O. The Morgan fingerprint density at radius 2 is 2.06 bits per heavy atom. The van der Waals surface area contributed by atoms with Crippen LogP contribution in [0.4, 0.5) is 0 Å². The van der Waals surface area contributed by atoms with Crippen LogP contribution in [0.1, 0.15) is 34.1 Å². The molecule has 16 heavy (non-hydrogen) atoms. The standard InChI is InChI=1S/C13H28N2O/c1-11(12(2,3)4)15(5)9-13(8-14)6-7-16-10-13/h11H,6-10,14H2,1-5H3. The molecule has 1 aliphatic rings. The maximum atomic E-state index is 5.92. The Balaban J connectivity index is 2.58. The summed E-state index contributed by atoms with van der Waals surface area (Å²) in [5.41, 5.74) is 6.42. The Morgan fingerprint density at radius 1 is 1.44 bits per heavy atom. The van der Waals surface area contributed by atoms with E-state index in [9.17, 15) is 0 Å². The lowest BCUT2D eigenvalue weighted by Crippen LogP contribution is -2.48. The van der Waals surface area contributed by atoms with Crippen LogP contribution < -0.4 is 5.73 Å². The maximum Gasteiger partial charge on any atom is 0.0547 e. The molecule has 1 rings (SSSR count). The molecule has 3 heteroatoms. The van der Waals surface area contributed by atoms with E-state index in [2.05, 4.69) is 39.6 Å². The molecule has 3 nitrogen and oxygen atoms in total. The molecule has 2 N–H and O–H groups in total. The molecule has 1 aliphatic heterocycles. The lowest BCUT2D eigenvalue weighted by molar-refractivity contribution is 0.0743. The monoisotopic (exact) mass is 228 g/mol. The van der Waals surface area contributed by atoms with Crippen LogP contribution in [0.2, 0.25) is 0 Å². The van der Waals surface area contributed by atoms with Crippen molar-refractivity contribution in [1.29, 1.82) is 0 Å². The number of hydrogen-bond acceptors (Lipinski definition) is 3. The van der Waals surface area contributed by atoms with Crippen LogP contribution in [-0.4, -0.2) is 44.3 Å². The first-order valence-corrected chi connectivity index (χ1v) is 6.29. The minimum Gasteiger partial charge on any atom is -0.381 e. The minimum atomic E-state index is 0.189. The summed E-state index contributed by atoms with van der Waals surface area (Å²) in [7, 11) is 2.20. The van der Waals surface area contributed by atoms with E-state index in [4.69, 9.17) is 10.5 Å². The normalized spacial score (nSPS) is 28.7. The van der Waals surface area contributed by atoms with E-state index in [0.29, 0.717) is 11.5 Å². The summed E-state index contributed by atoms with van der Waals surface area (Å²) in [6.45, 7) is 12.6. The third-order valence-electron chi connectivity index (χ3n) is 4.12. The Kier molecular flexibility index (Phi) is 4.38. The third kappa shape index (κ3) is 3.19. The largest absolute Gasteiger partial charge is 0.381 e. The van der Waals surface area contributed by atoms with Crippen LogP contribution in [0.25, 0.3) is 0 Å². The van der Waals surface area contributed by atoms with E-state index in [0.717, 1.165) is 32.7 Å². The van der Waals surface area contributed by atoms with Gasteiger partial charge in [0, 0.05) is 31.2 Å². The Morgan fingerprint density at radius 3 is 2.44 bits per heavy atom. The molecule has 2 unspecified atom stereocenters. The lowest BCUT2D eigenvalue weighted by atomic mass is 9.83. The third-order valence-corrected chi connectivity index (χ3v) is 4.12. The highest BCUT2D eigenvalue weighted by Crippen LogP contribution is 2.31. The highest BCUT2D eigenvalue weighted by atomic mass is 16.5. The number of ether oxygens (including phenoxy) is 1. The van der Waals surface area contributed by atoms with Gasteiger partial charge >= 0.3 is 0 Å². The molecule has 0 aliphatic carbocycles. The van der Waals surface area contributed by atoms with Gasteiger partial charge in [0.05, 0.1) is 6.61 Å². The molecule has 0 aromatic rings. The van der Waals surface area contributed by atoms with E-state index in [-0.39, 0.29) is 5.41 Å². The van der Waals surface area contributed by atoms with Gasteiger partial charge in [-0.2, -0.15) is 0 Å². The Bertz CT molecular complexity index is 216. The van der Waals surface area contributed by atoms with Crippen LogP contribution in [0.15, 0.2) is 0 Å². The van der Waals surface area contributed by atoms with Crippen molar-refractivity contribution in [3.8, 4) is 0 Å². The average Bonchev–Trinajstić information content (AvgIpc) is 2.64. The van der Waals surface area contributed by atoms with Gasteiger partial charge < -0.3 is 15.4 Å². The van der Waals surface area contributed by atoms with E-state index in [1.165, 1.54) is 0 Å². The predicted octanol–water partition coefficient (Wildman–Crippen LogP) is 1.72. The highest BCUT2D eigenvalue weighted by Gasteiger charge is 2.37. The Hall–Kier alpha value is -0.120. The summed E-state index contributed by atoms with van der Waals surface area (Å²) in [4.78, 5) is 2.43. The summed E-state index contributed by atoms with van der Waals surface area (Å²) in [6, 6.07) is 0.552. The summed E-state index contributed by atoms with van der Waals surface area (Å²) >= 11 is 0. The lowest BCUT2D eigenvalue weighted by Gasteiger charge is -2.40. The minimum absolute atomic E-state index is 0.189. The van der Waals surface area contributed by atoms with E-state index in [1.807, 2.05) is 0 Å². The second-order valence-electron chi connectivity index (χ2n) is 6.46. The second-order valence-corrected chi connectivity index (χ2v) is 6.46. The molecule has 2 atom stereocenters. The van der Waals surface area contributed by atoms with Crippen molar-refractivity contribution in [1.82, 2.24) is 4.90 Å². The van der Waals surface area contributed by atoms with Crippen molar-refractivity contribution >= 4 is 0 Å². The van der Waals surface area contributed by atoms with E-state index < -0.39 is 0 Å². The van der Waals surface area contributed by atoms with Crippen molar-refractivity contribution < 1.29 is 4.74 Å². The first kappa shape index (κ1) is 13.9. The molecule has 1 heterocycles. The van der Waals surface area contributed by atoms with Crippen LogP contribution in [0, 0.1) is 10.8 Å².